The molecule has 1 heterocycles. The third kappa shape index (κ3) is 5.12. The summed E-state index contributed by atoms with van der Waals surface area (Å²) < 4.78 is 17.1. The number of carbonyl (C=O) groups is 1. The number of nitrogens with zero attached hydrogens (tertiary/aromatic N) is 2. The molecule has 8 nitrogen and oxygen atoms in total. The summed E-state index contributed by atoms with van der Waals surface area (Å²) in [6.45, 7) is 2.75. The first-order valence-corrected chi connectivity index (χ1v) is 11.9. The molecule has 0 aromatic heterocycles. The summed E-state index contributed by atoms with van der Waals surface area (Å²) in [5, 5.41) is 11.0. The van der Waals surface area contributed by atoms with Gasteiger partial charge in [0, 0.05) is 18.7 Å². The summed E-state index contributed by atoms with van der Waals surface area (Å²) in [4.78, 5) is 26.3. The van der Waals surface area contributed by atoms with Crippen molar-refractivity contribution in [2.24, 2.45) is 0 Å². The van der Waals surface area contributed by atoms with Gasteiger partial charge in [0.15, 0.2) is 11.5 Å². The first kappa shape index (κ1) is 25.0. The van der Waals surface area contributed by atoms with Gasteiger partial charge in [0.1, 0.15) is 12.4 Å². The Morgan fingerprint density at radius 1 is 1.06 bits per heavy atom. The molecule has 1 aliphatic rings. The van der Waals surface area contributed by atoms with Crippen LogP contribution >= 0.6 is 0 Å². The molecular weight excluding hydrogens is 460 g/mol. The van der Waals surface area contributed by atoms with Crippen LogP contribution in [0.4, 0.5) is 5.69 Å². The Kier molecular flexibility index (Phi) is 7.73. The molecule has 4 rings (SSSR count). The van der Waals surface area contributed by atoms with Gasteiger partial charge in [-0.2, -0.15) is 0 Å². The summed E-state index contributed by atoms with van der Waals surface area (Å²) >= 11 is 0. The minimum absolute atomic E-state index is 0.00681. The van der Waals surface area contributed by atoms with E-state index in [9.17, 15) is 14.9 Å². The van der Waals surface area contributed by atoms with Crippen LogP contribution in [0.2, 0.25) is 0 Å². The van der Waals surface area contributed by atoms with Crippen molar-refractivity contribution in [3.8, 4) is 17.2 Å². The number of hydrogen-bond acceptors (Lipinski definition) is 6. The number of carbonyl (C=O) groups excluding carboxylic acids is 1. The zero-order valence-electron chi connectivity index (χ0n) is 20.7. The van der Waals surface area contributed by atoms with Crippen LogP contribution in [0.3, 0.4) is 0 Å². The van der Waals surface area contributed by atoms with E-state index in [1.807, 2.05) is 54.3 Å². The highest BCUT2D eigenvalue weighted by molar-refractivity contribution is 5.84. The summed E-state index contributed by atoms with van der Waals surface area (Å²) in [6.07, 6.45) is 1.36. The fourth-order valence-corrected chi connectivity index (χ4v) is 4.75. The van der Waals surface area contributed by atoms with E-state index in [4.69, 9.17) is 14.2 Å². The van der Waals surface area contributed by atoms with Gasteiger partial charge in [0.2, 0.25) is 5.91 Å². The van der Waals surface area contributed by atoms with E-state index in [1.54, 1.807) is 26.4 Å². The maximum absolute atomic E-state index is 13.9. The molecular formula is C28H30N2O6. The zero-order valence-corrected chi connectivity index (χ0v) is 20.7. The van der Waals surface area contributed by atoms with E-state index in [-0.39, 0.29) is 30.2 Å². The molecule has 0 radical (unpaired) electrons. The Balaban J connectivity index is 1.68. The van der Waals surface area contributed by atoms with Crippen molar-refractivity contribution in [1.29, 1.82) is 0 Å². The molecule has 0 saturated heterocycles. The highest BCUT2D eigenvalue weighted by Gasteiger charge is 2.36. The smallest absolute Gasteiger partial charge is 0.269 e. The van der Waals surface area contributed by atoms with Crippen LogP contribution in [0.5, 0.6) is 17.2 Å². The van der Waals surface area contributed by atoms with Gasteiger partial charge in [0.25, 0.3) is 5.69 Å². The van der Waals surface area contributed by atoms with E-state index >= 15 is 0 Å². The highest BCUT2D eigenvalue weighted by atomic mass is 16.6. The van der Waals surface area contributed by atoms with Crippen molar-refractivity contribution < 1.29 is 23.9 Å². The summed E-state index contributed by atoms with van der Waals surface area (Å²) in [5.74, 6) is 1.50. The lowest BCUT2D eigenvalue weighted by Gasteiger charge is -2.39. The Morgan fingerprint density at radius 3 is 2.33 bits per heavy atom. The van der Waals surface area contributed by atoms with Gasteiger partial charge in [-0.3, -0.25) is 14.9 Å². The van der Waals surface area contributed by atoms with Crippen molar-refractivity contribution in [1.82, 2.24) is 4.90 Å². The van der Waals surface area contributed by atoms with Crippen LogP contribution in [0.15, 0.2) is 66.7 Å². The topological polar surface area (TPSA) is 91.1 Å². The molecule has 8 heteroatoms. The average Bonchev–Trinajstić information content (AvgIpc) is 2.91. The molecule has 1 amide bonds. The third-order valence-corrected chi connectivity index (χ3v) is 6.65. The summed E-state index contributed by atoms with van der Waals surface area (Å²) in [5.41, 5.74) is 2.99. The molecule has 0 fully saturated rings. The number of benzene rings is 3. The Morgan fingerprint density at radius 2 is 1.72 bits per heavy atom. The van der Waals surface area contributed by atoms with E-state index < -0.39 is 4.92 Å². The van der Waals surface area contributed by atoms with E-state index in [1.165, 1.54) is 12.1 Å². The monoisotopic (exact) mass is 490 g/mol. The van der Waals surface area contributed by atoms with Crippen LogP contribution < -0.4 is 14.2 Å². The van der Waals surface area contributed by atoms with Crippen molar-refractivity contribution in [2.75, 3.05) is 27.4 Å². The molecule has 0 bridgehead atoms. The first-order chi connectivity index (χ1) is 17.5. The second-order valence-electron chi connectivity index (χ2n) is 8.64. The molecule has 36 heavy (non-hydrogen) atoms. The molecule has 2 atom stereocenters. The van der Waals surface area contributed by atoms with E-state index in [0.717, 1.165) is 16.7 Å². The van der Waals surface area contributed by atoms with E-state index in [2.05, 4.69) is 0 Å². The second-order valence-corrected chi connectivity index (χ2v) is 8.64. The van der Waals surface area contributed by atoms with E-state index in [0.29, 0.717) is 36.6 Å². The lowest BCUT2D eigenvalue weighted by molar-refractivity contribution is -0.384. The van der Waals surface area contributed by atoms with Gasteiger partial charge in [-0.25, -0.2) is 0 Å². The van der Waals surface area contributed by atoms with Gasteiger partial charge in [0.05, 0.1) is 31.1 Å². The van der Waals surface area contributed by atoms with Crippen LogP contribution in [0.25, 0.3) is 0 Å². The lowest BCUT2D eigenvalue weighted by Crippen LogP contribution is -2.44. The predicted octanol–water partition coefficient (Wildman–Crippen LogP) is 5.31. The number of amides is 1. The molecule has 0 saturated carbocycles. The minimum atomic E-state index is -0.449. The number of rotatable bonds is 9. The largest absolute Gasteiger partial charge is 0.493 e. The number of hydrogen-bond donors (Lipinski definition) is 0. The SMILES string of the molecule is CCC(C(=O)N1CCc2cc(OC)c(OC)cc2C1COc1ccc([N+](=O)[O-])cc1)c1ccccc1. The number of methoxy groups -OCH3 is 2. The van der Waals surface area contributed by atoms with Crippen molar-refractivity contribution in [3.63, 3.8) is 0 Å². The number of nitro benzene ring substituents is 1. The van der Waals surface area contributed by atoms with Gasteiger partial charge in [-0.05, 0) is 53.8 Å². The number of fused-ring (bicyclic) bond motifs is 1. The second kappa shape index (κ2) is 11.1. The zero-order chi connectivity index (χ0) is 25.7. The molecule has 1 aliphatic heterocycles. The highest BCUT2D eigenvalue weighted by Crippen LogP contribution is 2.40. The predicted molar refractivity (Wildman–Crippen MR) is 136 cm³/mol. The van der Waals surface area contributed by atoms with Gasteiger partial charge in [-0.1, -0.05) is 37.3 Å². The van der Waals surface area contributed by atoms with Gasteiger partial charge in [-0.15, -0.1) is 0 Å². The molecule has 0 N–H and O–H groups in total. The van der Waals surface area contributed by atoms with Crippen LogP contribution in [-0.2, 0) is 11.2 Å². The van der Waals surface area contributed by atoms with Crippen LogP contribution in [0, 0.1) is 10.1 Å². The Hall–Kier alpha value is -4.07. The fraction of sp³-hybridized carbons (Fsp3) is 0.321. The van der Waals surface area contributed by atoms with Crippen molar-refractivity contribution in [2.45, 2.75) is 31.7 Å². The fourth-order valence-electron chi connectivity index (χ4n) is 4.75. The molecule has 0 aliphatic carbocycles. The Bertz CT molecular complexity index is 1210. The molecule has 188 valence electrons. The van der Waals surface area contributed by atoms with Crippen molar-refractivity contribution in [3.05, 3.63) is 93.5 Å². The number of nitro groups is 1. The maximum atomic E-state index is 13.9. The van der Waals surface area contributed by atoms with Crippen molar-refractivity contribution >= 4 is 11.6 Å². The molecule has 3 aromatic carbocycles. The number of ether oxygens (including phenoxy) is 3. The summed E-state index contributed by atoms with van der Waals surface area (Å²) in [7, 11) is 3.19. The standard InChI is InChI=1S/C28H30N2O6/c1-4-23(19-8-6-5-7-9-19)28(31)29-15-14-20-16-26(34-2)27(35-3)17-24(20)25(29)18-36-22-12-10-21(11-13-22)30(32)33/h5-13,16-17,23,25H,4,14-15,18H2,1-3H3. The van der Waals surface area contributed by atoms with Gasteiger partial charge >= 0.3 is 0 Å². The normalized spacial score (nSPS) is 15.5. The average molecular weight is 491 g/mol. The minimum Gasteiger partial charge on any atom is -0.493 e. The lowest BCUT2D eigenvalue weighted by atomic mass is 9.89. The number of non-ortho nitro benzene ring substituents is 1. The van der Waals surface area contributed by atoms with Gasteiger partial charge < -0.3 is 19.1 Å². The quantitative estimate of drug-likeness (QED) is 0.298. The van der Waals surface area contributed by atoms with Crippen LogP contribution in [0.1, 0.15) is 42.0 Å². The Labute approximate surface area is 210 Å². The molecule has 2 unspecified atom stereocenters. The third-order valence-electron chi connectivity index (χ3n) is 6.65. The first-order valence-electron chi connectivity index (χ1n) is 11.9. The molecule has 0 spiro atoms. The molecule has 3 aromatic rings. The summed E-state index contributed by atoms with van der Waals surface area (Å²) in [6, 6.07) is 19.3. The van der Waals surface area contributed by atoms with Crippen LogP contribution in [-0.4, -0.2) is 43.1 Å². The maximum Gasteiger partial charge on any atom is 0.269 e.